The highest BCUT2D eigenvalue weighted by atomic mass is 35.5. The number of halogens is 1. The van der Waals surface area contributed by atoms with Gasteiger partial charge in [-0.1, -0.05) is 11.6 Å². The Morgan fingerprint density at radius 2 is 2.45 bits per heavy atom. The summed E-state index contributed by atoms with van der Waals surface area (Å²) in [5.41, 5.74) is 0.953. The number of anilines is 1. The number of nitrogens with one attached hydrogen (secondary N) is 1. The molecule has 0 fully saturated rings. The van der Waals surface area contributed by atoms with Gasteiger partial charge in [0.2, 0.25) is 0 Å². The maximum Gasteiger partial charge on any atom is 0.153 e. The van der Waals surface area contributed by atoms with Crippen LogP contribution in [0.5, 0.6) is 5.75 Å². The van der Waals surface area contributed by atoms with Gasteiger partial charge in [0.15, 0.2) is 5.94 Å². The highest BCUT2D eigenvalue weighted by Crippen LogP contribution is 2.33. The smallest absolute Gasteiger partial charge is 0.153 e. The zero-order valence-corrected chi connectivity index (χ0v) is 7.21. The lowest BCUT2D eigenvalue weighted by Gasteiger charge is -2.17. The monoisotopic (exact) mass is 187 g/mol. The van der Waals surface area contributed by atoms with Crippen molar-refractivity contribution in [1.82, 2.24) is 0 Å². The molecule has 1 aromatic carbocycles. The minimum absolute atomic E-state index is 0.647. The van der Waals surface area contributed by atoms with Crippen LogP contribution in [-0.2, 0) is 0 Å². The minimum Gasteiger partial charge on any atom is -0.479 e. The largest absolute Gasteiger partial charge is 0.479 e. The van der Waals surface area contributed by atoms with Crippen LogP contribution < -0.4 is 9.46 Å². The quantitative estimate of drug-likeness (QED) is 0.632. The van der Waals surface area contributed by atoms with Crippen LogP contribution in [0.25, 0.3) is 0 Å². The van der Waals surface area contributed by atoms with E-state index in [1.165, 1.54) is 11.9 Å². The summed E-state index contributed by atoms with van der Waals surface area (Å²) in [4.78, 5) is 0. The predicted molar refractivity (Wildman–Crippen MR) is 48.2 cm³/mol. The Labute approximate surface area is 74.0 Å². The molecule has 1 N–H and O–H groups in total. The van der Waals surface area contributed by atoms with Crippen LogP contribution in [0.15, 0.2) is 18.2 Å². The van der Waals surface area contributed by atoms with Crippen LogP contribution in [0.2, 0.25) is 5.02 Å². The Hall–Kier alpha value is -0.540. The van der Waals surface area contributed by atoms with E-state index in [4.69, 9.17) is 16.3 Å². The lowest BCUT2D eigenvalue weighted by molar-refractivity contribution is 0.392. The van der Waals surface area contributed by atoms with Crippen molar-refractivity contribution >= 4 is 29.2 Å². The Balaban J connectivity index is 2.43. The Morgan fingerprint density at radius 1 is 1.55 bits per heavy atom. The number of hydrogen-bond acceptors (Lipinski definition) is 3. The lowest BCUT2D eigenvalue weighted by atomic mass is 10.3. The molecule has 1 aliphatic heterocycles. The first-order chi connectivity index (χ1) is 5.36. The highest BCUT2D eigenvalue weighted by Gasteiger charge is 2.08. The predicted octanol–water partition coefficient (Wildman–Crippen LogP) is 2.75. The summed E-state index contributed by atoms with van der Waals surface area (Å²) >= 11 is 7.29. The van der Waals surface area contributed by atoms with Crippen molar-refractivity contribution in [3.8, 4) is 5.75 Å². The molecular weight excluding hydrogens is 182 g/mol. The summed E-state index contributed by atoms with van der Waals surface area (Å²) in [5.74, 6) is 1.52. The summed E-state index contributed by atoms with van der Waals surface area (Å²) in [6, 6.07) is 5.53. The highest BCUT2D eigenvalue weighted by molar-refractivity contribution is 8.00. The first kappa shape index (κ1) is 7.13. The van der Waals surface area contributed by atoms with E-state index in [-0.39, 0.29) is 0 Å². The SMILES string of the molecule is Clc1ccc2c(c1)NSCO2. The molecule has 0 saturated heterocycles. The van der Waals surface area contributed by atoms with Gasteiger partial charge in [0.05, 0.1) is 5.69 Å². The number of fused-ring (bicyclic) bond motifs is 1. The molecule has 1 aliphatic rings. The molecule has 0 bridgehead atoms. The van der Waals surface area contributed by atoms with Crippen molar-refractivity contribution in [3.63, 3.8) is 0 Å². The molecule has 0 spiro atoms. The molecule has 1 heterocycles. The summed E-state index contributed by atoms with van der Waals surface area (Å²) in [6.45, 7) is 0. The van der Waals surface area contributed by atoms with Gasteiger partial charge in [-0.3, -0.25) is 0 Å². The van der Waals surface area contributed by atoms with Gasteiger partial charge in [-0.15, -0.1) is 0 Å². The van der Waals surface area contributed by atoms with Gasteiger partial charge in [-0.05, 0) is 30.1 Å². The van der Waals surface area contributed by atoms with Gasteiger partial charge in [0.1, 0.15) is 5.75 Å². The molecule has 0 amide bonds. The summed E-state index contributed by atoms with van der Waals surface area (Å²) < 4.78 is 8.43. The fraction of sp³-hybridized carbons (Fsp3) is 0.143. The van der Waals surface area contributed by atoms with Crippen molar-refractivity contribution in [1.29, 1.82) is 0 Å². The molecule has 4 heteroatoms. The van der Waals surface area contributed by atoms with E-state index in [0.29, 0.717) is 5.94 Å². The second-order valence-corrected chi connectivity index (χ2v) is 3.31. The first-order valence-electron chi connectivity index (χ1n) is 3.16. The van der Waals surface area contributed by atoms with Crippen molar-refractivity contribution in [2.24, 2.45) is 0 Å². The third-order valence-electron chi connectivity index (χ3n) is 1.40. The van der Waals surface area contributed by atoms with Crippen LogP contribution in [0, 0.1) is 0 Å². The second-order valence-electron chi connectivity index (χ2n) is 2.15. The van der Waals surface area contributed by atoms with Crippen LogP contribution >= 0.6 is 23.5 Å². The van der Waals surface area contributed by atoms with E-state index in [9.17, 15) is 0 Å². The first-order valence-corrected chi connectivity index (χ1v) is 4.53. The van der Waals surface area contributed by atoms with Crippen LogP contribution in [-0.4, -0.2) is 5.94 Å². The molecule has 2 rings (SSSR count). The van der Waals surface area contributed by atoms with Gasteiger partial charge < -0.3 is 9.46 Å². The molecule has 11 heavy (non-hydrogen) atoms. The number of rotatable bonds is 0. The summed E-state index contributed by atoms with van der Waals surface area (Å²) in [5, 5.41) is 0.724. The van der Waals surface area contributed by atoms with Crippen molar-refractivity contribution in [2.45, 2.75) is 0 Å². The fourth-order valence-electron chi connectivity index (χ4n) is 0.908. The standard InChI is InChI=1S/C7H6ClNOS/c8-5-1-2-7-6(3-5)9-11-4-10-7/h1-3,9H,4H2. The van der Waals surface area contributed by atoms with E-state index in [0.717, 1.165) is 16.5 Å². The third kappa shape index (κ3) is 1.39. The van der Waals surface area contributed by atoms with Crippen molar-refractivity contribution in [3.05, 3.63) is 23.2 Å². The Bertz CT molecular complexity index is 279. The molecule has 58 valence electrons. The van der Waals surface area contributed by atoms with E-state index in [1.807, 2.05) is 18.2 Å². The summed E-state index contributed by atoms with van der Waals surface area (Å²) in [6.07, 6.45) is 0. The average Bonchev–Trinajstić information content (AvgIpc) is 2.04. The molecule has 0 aromatic heterocycles. The van der Waals surface area contributed by atoms with E-state index in [2.05, 4.69) is 4.72 Å². The van der Waals surface area contributed by atoms with Crippen LogP contribution in [0.1, 0.15) is 0 Å². The van der Waals surface area contributed by atoms with Gasteiger partial charge in [0, 0.05) is 5.02 Å². The molecule has 0 saturated carbocycles. The average molecular weight is 188 g/mol. The van der Waals surface area contributed by atoms with Gasteiger partial charge >= 0.3 is 0 Å². The Morgan fingerprint density at radius 3 is 3.36 bits per heavy atom. The molecule has 1 aromatic rings. The van der Waals surface area contributed by atoms with Gasteiger partial charge in [-0.2, -0.15) is 0 Å². The number of ether oxygens (including phenoxy) is 1. The third-order valence-corrected chi connectivity index (χ3v) is 2.23. The van der Waals surface area contributed by atoms with E-state index in [1.54, 1.807) is 0 Å². The minimum atomic E-state index is 0.647. The van der Waals surface area contributed by atoms with Crippen LogP contribution in [0.4, 0.5) is 5.69 Å². The molecular formula is C7H6ClNOS. The summed E-state index contributed by atoms with van der Waals surface area (Å²) in [7, 11) is 0. The van der Waals surface area contributed by atoms with Crippen LogP contribution in [0.3, 0.4) is 0 Å². The fourth-order valence-corrected chi connectivity index (χ4v) is 1.64. The van der Waals surface area contributed by atoms with E-state index < -0.39 is 0 Å². The molecule has 0 aliphatic carbocycles. The second kappa shape index (κ2) is 2.83. The van der Waals surface area contributed by atoms with Gasteiger partial charge in [0.25, 0.3) is 0 Å². The maximum atomic E-state index is 5.77. The zero-order valence-electron chi connectivity index (χ0n) is 5.63. The Kier molecular flexibility index (Phi) is 1.84. The molecule has 2 nitrogen and oxygen atoms in total. The normalized spacial score (nSPS) is 14.6. The lowest BCUT2D eigenvalue weighted by Crippen LogP contribution is -2.05. The topological polar surface area (TPSA) is 21.3 Å². The maximum absolute atomic E-state index is 5.77. The number of hydrogen-bond donors (Lipinski definition) is 1. The molecule has 0 unspecified atom stereocenters. The number of benzene rings is 1. The molecule has 0 atom stereocenters. The molecule has 0 radical (unpaired) electrons. The van der Waals surface area contributed by atoms with Gasteiger partial charge in [-0.25, -0.2) is 0 Å². The van der Waals surface area contributed by atoms with Crippen molar-refractivity contribution in [2.75, 3.05) is 10.7 Å². The van der Waals surface area contributed by atoms with Crippen molar-refractivity contribution < 1.29 is 4.74 Å². The van der Waals surface area contributed by atoms with E-state index >= 15 is 0 Å². The zero-order chi connectivity index (χ0) is 7.68.